The molecule has 1 aliphatic carbocycles. The fourth-order valence-electron chi connectivity index (χ4n) is 4.76. The van der Waals surface area contributed by atoms with Crippen LogP contribution < -0.4 is 5.32 Å². The van der Waals surface area contributed by atoms with Crippen LogP contribution in [-0.2, 0) is 17.3 Å². The number of aromatic nitrogens is 9. The molecule has 0 unspecified atom stereocenters. The fourth-order valence-corrected chi connectivity index (χ4v) is 5.17. The van der Waals surface area contributed by atoms with E-state index in [2.05, 4.69) is 35.7 Å². The first-order valence-electron chi connectivity index (χ1n) is 10.8. The largest absolute Gasteiger partial charge is 0.324 e. The van der Waals surface area contributed by atoms with Crippen molar-refractivity contribution in [2.75, 3.05) is 5.32 Å². The maximum absolute atomic E-state index is 14.3. The summed E-state index contributed by atoms with van der Waals surface area (Å²) in [5.41, 5.74) is 1.95. The Hall–Kier alpha value is -3.90. The van der Waals surface area contributed by atoms with E-state index >= 15 is 0 Å². The molecule has 2 atom stereocenters. The minimum atomic E-state index is -0.827. The van der Waals surface area contributed by atoms with E-state index in [1.165, 1.54) is 27.9 Å². The van der Waals surface area contributed by atoms with Crippen molar-refractivity contribution in [1.82, 2.24) is 44.4 Å². The summed E-state index contributed by atoms with van der Waals surface area (Å²) in [6.45, 7) is 1.97. The van der Waals surface area contributed by atoms with Crippen molar-refractivity contribution in [2.24, 2.45) is 7.05 Å². The molecule has 0 fully saturated rings. The Balaban J connectivity index is 1.40. The van der Waals surface area contributed by atoms with Crippen LogP contribution >= 0.6 is 23.2 Å². The molecule has 1 amide bonds. The highest BCUT2D eigenvalue weighted by atomic mass is 35.5. The molecule has 0 saturated heterocycles. The highest BCUT2D eigenvalue weighted by molar-refractivity contribution is 6.33. The molecular formula is C22H17Cl2FN10O. The van der Waals surface area contributed by atoms with E-state index < -0.39 is 17.3 Å². The Morgan fingerprint density at radius 3 is 2.64 bits per heavy atom. The topological polar surface area (TPSA) is 121 Å². The number of anilines is 1. The van der Waals surface area contributed by atoms with Gasteiger partial charge >= 0.3 is 0 Å². The summed E-state index contributed by atoms with van der Waals surface area (Å²) >= 11 is 12.5. The molecule has 5 aromatic rings. The van der Waals surface area contributed by atoms with E-state index in [0.717, 1.165) is 5.56 Å². The first kappa shape index (κ1) is 22.6. The Morgan fingerprint density at radius 1 is 1.17 bits per heavy atom. The number of aryl methyl sites for hydroxylation is 1. The molecule has 0 aliphatic heterocycles. The Kier molecular flexibility index (Phi) is 5.05. The first-order chi connectivity index (χ1) is 17.3. The lowest BCUT2D eigenvalue weighted by atomic mass is 9.80. The van der Waals surface area contributed by atoms with E-state index in [1.54, 1.807) is 30.2 Å². The zero-order valence-corrected chi connectivity index (χ0v) is 20.4. The summed E-state index contributed by atoms with van der Waals surface area (Å²) in [4.78, 5) is 23.4. The maximum Gasteiger partial charge on any atom is 0.253 e. The third kappa shape index (κ3) is 3.36. The number of nitrogens with zero attached hydrogens (tertiary/aromatic N) is 9. The third-order valence-corrected chi connectivity index (χ3v) is 7.05. The molecule has 0 bridgehead atoms. The molecule has 0 saturated carbocycles. The number of amides is 1. The van der Waals surface area contributed by atoms with Gasteiger partial charge in [-0.15, -0.1) is 9.90 Å². The lowest BCUT2D eigenvalue weighted by Crippen LogP contribution is -2.25. The number of nitrogens with one attached hydrogen (secondary N) is 1. The van der Waals surface area contributed by atoms with Crippen molar-refractivity contribution in [2.45, 2.75) is 24.7 Å². The van der Waals surface area contributed by atoms with Crippen LogP contribution in [0.25, 0.3) is 11.5 Å². The fraction of sp³-hybridized carbons (Fsp3) is 0.227. The summed E-state index contributed by atoms with van der Waals surface area (Å²) in [5, 5.41) is 19.3. The molecular weight excluding hydrogens is 510 g/mol. The zero-order valence-electron chi connectivity index (χ0n) is 18.9. The maximum atomic E-state index is 14.3. The van der Waals surface area contributed by atoms with Gasteiger partial charge in [-0.1, -0.05) is 23.2 Å². The molecule has 1 N–H and O–H groups in total. The van der Waals surface area contributed by atoms with Crippen molar-refractivity contribution in [3.05, 3.63) is 76.1 Å². The van der Waals surface area contributed by atoms with Crippen molar-refractivity contribution in [3.63, 3.8) is 0 Å². The van der Waals surface area contributed by atoms with Gasteiger partial charge in [0.25, 0.3) is 5.95 Å². The Morgan fingerprint density at radius 2 is 1.94 bits per heavy atom. The number of halogens is 3. The molecule has 0 spiro atoms. The van der Waals surface area contributed by atoms with E-state index in [0.29, 0.717) is 29.2 Å². The quantitative estimate of drug-likeness (QED) is 0.381. The van der Waals surface area contributed by atoms with Crippen molar-refractivity contribution in [3.8, 4) is 5.82 Å². The minimum Gasteiger partial charge on any atom is -0.324 e. The number of hydrogen-bond donors (Lipinski definition) is 1. The van der Waals surface area contributed by atoms with Gasteiger partial charge in [0.1, 0.15) is 5.02 Å². The minimum absolute atomic E-state index is 0.174. The highest BCUT2D eigenvalue weighted by Crippen LogP contribution is 2.50. The smallest absolute Gasteiger partial charge is 0.253 e. The van der Waals surface area contributed by atoms with E-state index in [9.17, 15) is 9.18 Å². The second-order valence-electron chi connectivity index (χ2n) is 8.73. The molecule has 0 radical (unpaired) electrons. The van der Waals surface area contributed by atoms with Crippen LogP contribution in [0.3, 0.4) is 0 Å². The van der Waals surface area contributed by atoms with Crippen LogP contribution in [-0.4, -0.2) is 50.3 Å². The number of hydrogen-bond acceptors (Lipinski definition) is 7. The summed E-state index contributed by atoms with van der Waals surface area (Å²) < 4.78 is 17.4. The third-order valence-electron chi connectivity index (χ3n) is 6.44. The molecule has 36 heavy (non-hydrogen) atoms. The predicted molar refractivity (Wildman–Crippen MR) is 128 cm³/mol. The van der Waals surface area contributed by atoms with Crippen molar-refractivity contribution < 1.29 is 9.18 Å². The second kappa shape index (κ2) is 8.07. The van der Waals surface area contributed by atoms with Gasteiger partial charge in [0.05, 0.1) is 47.1 Å². The average molecular weight is 527 g/mol. The molecule has 5 heterocycles. The van der Waals surface area contributed by atoms with E-state index in [1.807, 2.05) is 13.1 Å². The number of pyridine rings is 1. The zero-order chi connectivity index (χ0) is 25.2. The van der Waals surface area contributed by atoms with Gasteiger partial charge in [-0.2, -0.15) is 19.7 Å². The second-order valence-corrected chi connectivity index (χ2v) is 9.52. The van der Waals surface area contributed by atoms with Gasteiger partial charge in [0.15, 0.2) is 11.5 Å². The summed E-state index contributed by atoms with van der Waals surface area (Å²) in [6.07, 6.45) is 10.0. The lowest BCUT2D eigenvalue weighted by Gasteiger charge is -2.24. The summed E-state index contributed by atoms with van der Waals surface area (Å²) in [7, 11) is 1.80. The van der Waals surface area contributed by atoms with Gasteiger partial charge in [-0.25, -0.2) is 14.5 Å². The highest BCUT2D eigenvalue weighted by Gasteiger charge is 2.48. The predicted octanol–water partition coefficient (Wildman–Crippen LogP) is 3.32. The van der Waals surface area contributed by atoms with Crippen LogP contribution in [0, 0.1) is 5.95 Å². The van der Waals surface area contributed by atoms with E-state index in [4.69, 9.17) is 23.2 Å². The lowest BCUT2D eigenvalue weighted by molar-refractivity contribution is -0.117. The number of fused-ring (bicyclic) bond motifs is 3. The van der Waals surface area contributed by atoms with Gasteiger partial charge in [-0.3, -0.25) is 9.48 Å². The van der Waals surface area contributed by atoms with E-state index in [-0.39, 0.29) is 21.6 Å². The van der Waals surface area contributed by atoms with Crippen LogP contribution in [0.2, 0.25) is 10.0 Å². The van der Waals surface area contributed by atoms with Gasteiger partial charge in [0, 0.05) is 36.0 Å². The monoisotopic (exact) mass is 526 g/mol. The molecule has 182 valence electrons. The molecule has 6 rings (SSSR count). The average Bonchev–Trinajstić information content (AvgIpc) is 3.63. The van der Waals surface area contributed by atoms with Crippen LogP contribution in [0.4, 0.5) is 10.1 Å². The molecule has 1 aliphatic rings. The van der Waals surface area contributed by atoms with Crippen molar-refractivity contribution in [1.29, 1.82) is 0 Å². The normalized spacial score (nSPS) is 19.1. The van der Waals surface area contributed by atoms with Gasteiger partial charge in [-0.05, 0) is 19.4 Å². The number of rotatable bonds is 4. The van der Waals surface area contributed by atoms with Crippen molar-refractivity contribution >= 4 is 40.4 Å². The number of carbonyl (C=O) groups is 1. The van der Waals surface area contributed by atoms with Gasteiger partial charge < -0.3 is 5.32 Å². The Bertz CT molecular complexity index is 1650. The van der Waals surface area contributed by atoms with Gasteiger partial charge in [0.2, 0.25) is 5.91 Å². The standard InChI is InChI=1S/C22H17Cl2FN10O/c1-22(11-7-30-33(2)10-11)6-13(14-9-27-20-16(24)18(25)32-34(20)17(14)22)21(36)31-12-5-15(23)19(26-8-12)35-28-3-4-29-35/h3-5,7-10,13H,6H2,1-2H3,(H,31,36)/t13-,22-/m0/s1. The van der Waals surface area contributed by atoms with Crippen LogP contribution in [0.15, 0.2) is 43.2 Å². The van der Waals surface area contributed by atoms with Crippen LogP contribution in [0.5, 0.6) is 0 Å². The molecule has 14 heteroatoms. The SMILES string of the molecule is Cn1cc([C@]2(C)C[C@H](C(=O)Nc3cnc(-n4nccn4)c(Cl)c3)c3cnc4c(Cl)c(F)nn4c32)cn1. The summed E-state index contributed by atoms with van der Waals surface area (Å²) in [5.74, 6) is -1.42. The Labute approximate surface area is 212 Å². The molecule has 11 nitrogen and oxygen atoms in total. The summed E-state index contributed by atoms with van der Waals surface area (Å²) in [6, 6.07) is 1.57. The first-order valence-corrected chi connectivity index (χ1v) is 11.6. The molecule has 0 aromatic carbocycles. The van der Waals surface area contributed by atoms with Crippen LogP contribution in [0.1, 0.15) is 36.1 Å². The molecule has 5 aromatic heterocycles. The number of carbonyl (C=O) groups excluding carboxylic acids is 1.